The van der Waals surface area contributed by atoms with Gasteiger partial charge >= 0.3 is 5.97 Å². The maximum absolute atomic E-state index is 10.2. The Kier molecular flexibility index (Phi) is 4.07. The van der Waals surface area contributed by atoms with Crippen LogP contribution < -0.4 is 0 Å². The summed E-state index contributed by atoms with van der Waals surface area (Å²) in [5.74, 6) is -0.449. The first-order chi connectivity index (χ1) is 3.81. The molecule has 0 aliphatic rings. The molecule has 0 fully saturated rings. The molecule has 0 aromatic heterocycles. The van der Waals surface area contributed by atoms with E-state index in [1.54, 1.807) is 0 Å². The summed E-state index contributed by atoms with van der Waals surface area (Å²) in [6.45, 7) is 6.51. The van der Waals surface area contributed by atoms with Crippen LogP contribution in [0, 0.1) is 0 Å². The third kappa shape index (κ3) is 3.49. The Morgan fingerprint density at radius 3 is 2.62 bits per heavy atom. The number of carbonyl (C=O) groups is 1. The molecule has 0 heterocycles. The Bertz CT molecular complexity index is 109. The highest BCUT2D eigenvalue weighted by Crippen LogP contribution is 2.01. The summed E-state index contributed by atoms with van der Waals surface area (Å²) in [4.78, 5) is 10.2. The number of rotatable bonds is 3. The molecular weight excluding hydrogens is 124 g/mol. The first-order valence-electron chi connectivity index (χ1n) is 1.92. The Morgan fingerprint density at radius 2 is 2.25 bits per heavy atom. The molecule has 0 bridgehead atoms. The van der Waals surface area contributed by atoms with Gasteiger partial charge in [0.25, 0.3) is 0 Å². The number of hydrogen-bond donors (Lipinski definition) is 0. The van der Waals surface area contributed by atoms with Crippen molar-refractivity contribution >= 4 is 18.0 Å². The Morgan fingerprint density at radius 1 is 1.62 bits per heavy atom. The molecule has 0 radical (unpaired) electrons. The van der Waals surface area contributed by atoms with E-state index in [0.29, 0.717) is 0 Å². The average molecular weight is 130 g/mol. The Labute approximate surface area is 52.4 Å². The minimum atomic E-state index is -0.449. The van der Waals surface area contributed by atoms with Crippen molar-refractivity contribution in [1.29, 1.82) is 0 Å². The third-order valence-corrected chi connectivity index (χ3v) is 0.762. The largest absolute Gasteiger partial charge is 0.383 e. The fourth-order valence-electron chi connectivity index (χ4n) is 0.115. The van der Waals surface area contributed by atoms with Gasteiger partial charge in [0.05, 0.1) is 12.0 Å². The van der Waals surface area contributed by atoms with E-state index in [4.69, 9.17) is 0 Å². The summed E-state index contributed by atoms with van der Waals surface area (Å²) in [6, 6.07) is 0. The molecule has 0 aliphatic carbocycles. The van der Waals surface area contributed by atoms with E-state index in [1.807, 2.05) is 0 Å². The van der Waals surface area contributed by atoms with Gasteiger partial charge in [0, 0.05) is 11.5 Å². The van der Waals surface area contributed by atoms with Crippen LogP contribution in [0.4, 0.5) is 0 Å². The standard InChI is InChI=1S/C5H6O2S/c1-3-5(6)7-8-4-2/h3-4H,1-2H2. The Hall–Kier alpha value is -0.700. The lowest BCUT2D eigenvalue weighted by Gasteiger charge is -1.89. The van der Waals surface area contributed by atoms with Gasteiger partial charge in [-0.2, -0.15) is 0 Å². The van der Waals surface area contributed by atoms with E-state index in [-0.39, 0.29) is 0 Å². The van der Waals surface area contributed by atoms with E-state index in [1.165, 1.54) is 5.41 Å². The van der Waals surface area contributed by atoms with E-state index in [0.717, 1.165) is 18.1 Å². The van der Waals surface area contributed by atoms with Crippen molar-refractivity contribution in [2.45, 2.75) is 0 Å². The summed E-state index contributed by atoms with van der Waals surface area (Å²) in [5.41, 5.74) is 0. The van der Waals surface area contributed by atoms with Gasteiger partial charge in [-0.1, -0.05) is 13.2 Å². The van der Waals surface area contributed by atoms with Gasteiger partial charge in [-0.25, -0.2) is 4.79 Å². The average Bonchev–Trinajstić information content (AvgIpc) is 1.83. The van der Waals surface area contributed by atoms with Crippen LogP contribution >= 0.6 is 12.0 Å². The fraction of sp³-hybridized carbons (Fsp3) is 0. The van der Waals surface area contributed by atoms with Crippen molar-refractivity contribution in [3.05, 3.63) is 24.6 Å². The van der Waals surface area contributed by atoms with E-state index in [9.17, 15) is 4.79 Å². The zero-order chi connectivity index (χ0) is 6.41. The first-order valence-corrected chi connectivity index (χ1v) is 2.72. The highest BCUT2D eigenvalue weighted by atomic mass is 32.2. The fourth-order valence-corrected chi connectivity index (χ4v) is 0.346. The predicted octanol–water partition coefficient (Wildman–Crippen LogP) is 1.51. The molecule has 0 saturated carbocycles. The number of carbonyl (C=O) groups excluding carboxylic acids is 1. The SMILES string of the molecule is C=CSOC(=O)C=C. The van der Waals surface area contributed by atoms with Gasteiger partial charge in [0.1, 0.15) is 0 Å². The zero-order valence-electron chi connectivity index (χ0n) is 4.29. The van der Waals surface area contributed by atoms with Gasteiger partial charge in [-0.15, -0.1) is 0 Å². The molecule has 44 valence electrons. The summed E-state index contributed by atoms with van der Waals surface area (Å²) in [5, 5.41) is 1.42. The van der Waals surface area contributed by atoms with Crippen LogP contribution in [0.2, 0.25) is 0 Å². The molecule has 0 rings (SSSR count). The predicted molar refractivity (Wildman–Crippen MR) is 34.1 cm³/mol. The second-order valence-corrected chi connectivity index (χ2v) is 1.56. The lowest BCUT2D eigenvalue weighted by molar-refractivity contribution is -0.127. The van der Waals surface area contributed by atoms with Crippen molar-refractivity contribution in [1.82, 2.24) is 0 Å². The normalized spacial score (nSPS) is 7.50. The van der Waals surface area contributed by atoms with E-state index in [2.05, 4.69) is 17.3 Å². The minimum Gasteiger partial charge on any atom is -0.383 e. The minimum absolute atomic E-state index is 0.449. The molecule has 0 aliphatic heterocycles. The van der Waals surface area contributed by atoms with Gasteiger partial charge in [-0.3, -0.25) is 0 Å². The van der Waals surface area contributed by atoms with Gasteiger partial charge in [0.2, 0.25) is 0 Å². The highest BCUT2D eigenvalue weighted by molar-refractivity contribution is 7.97. The third-order valence-electron chi connectivity index (χ3n) is 0.365. The topological polar surface area (TPSA) is 26.3 Å². The van der Waals surface area contributed by atoms with Crippen LogP contribution in [0.15, 0.2) is 24.6 Å². The second kappa shape index (κ2) is 4.46. The first kappa shape index (κ1) is 7.30. The van der Waals surface area contributed by atoms with Gasteiger partial charge in [-0.05, 0) is 0 Å². The molecule has 2 nitrogen and oxygen atoms in total. The van der Waals surface area contributed by atoms with Crippen molar-refractivity contribution in [3.8, 4) is 0 Å². The zero-order valence-corrected chi connectivity index (χ0v) is 5.11. The molecule has 3 heteroatoms. The highest BCUT2D eigenvalue weighted by Gasteiger charge is 1.89. The van der Waals surface area contributed by atoms with Crippen LogP contribution in [0.25, 0.3) is 0 Å². The maximum atomic E-state index is 10.2. The Balaban J connectivity index is 3.24. The molecule has 0 aromatic carbocycles. The lowest BCUT2D eigenvalue weighted by Crippen LogP contribution is -1.88. The maximum Gasteiger partial charge on any atom is 0.342 e. The van der Waals surface area contributed by atoms with Gasteiger partial charge < -0.3 is 4.18 Å². The molecule has 8 heavy (non-hydrogen) atoms. The number of hydrogen-bond acceptors (Lipinski definition) is 3. The van der Waals surface area contributed by atoms with Gasteiger partial charge in [0.15, 0.2) is 0 Å². The lowest BCUT2D eigenvalue weighted by atomic mass is 10.7. The monoisotopic (exact) mass is 130 g/mol. The summed E-state index contributed by atoms with van der Waals surface area (Å²) in [6.07, 6.45) is 1.09. The molecule has 0 atom stereocenters. The quantitative estimate of drug-likeness (QED) is 0.428. The van der Waals surface area contributed by atoms with Crippen molar-refractivity contribution in [3.63, 3.8) is 0 Å². The smallest absolute Gasteiger partial charge is 0.342 e. The van der Waals surface area contributed by atoms with E-state index >= 15 is 0 Å². The molecule has 0 saturated heterocycles. The molecule has 0 N–H and O–H groups in total. The molecule has 0 unspecified atom stereocenters. The summed E-state index contributed by atoms with van der Waals surface area (Å²) in [7, 11) is 0. The van der Waals surface area contributed by atoms with Crippen LogP contribution in [0.3, 0.4) is 0 Å². The van der Waals surface area contributed by atoms with Crippen LogP contribution in [-0.2, 0) is 8.98 Å². The molecular formula is C5H6O2S. The van der Waals surface area contributed by atoms with Crippen molar-refractivity contribution < 1.29 is 8.98 Å². The summed E-state index contributed by atoms with van der Waals surface area (Å²) >= 11 is 0.884. The van der Waals surface area contributed by atoms with Crippen LogP contribution in [0.5, 0.6) is 0 Å². The molecule has 0 spiro atoms. The van der Waals surface area contributed by atoms with Crippen LogP contribution in [-0.4, -0.2) is 5.97 Å². The second-order valence-electron chi connectivity index (χ2n) is 0.869. The van der Waals surface area contributed by atoms with Crippen molar-refractivity contribution in [2.75, 3.05) is 0 Å². The van der Waals surface area contributed by atoms with Crippen LogP contribution in [0.1, 0.15) is 0 Å². The van der Waals surface area contributed by atoms with E-state index < -0.39 is 5.97 Å². The molecule has 0 amide bonds. The summed E-state index contributed by atoms with van der Waals surface area (Å²) < 4.78 is 4.38. The molecule has 0 aromatic rings. The van der Waals surface area contributed by atoms with Crippen molar-refractivity contribution in [2.24, 2.45) is 0 Å².